The summed E-state index contributed by atoms with van der Waals surface area (Å²) in [5.41, 5.74) is 1.98. The fourth-order valence-corrected chi connectivity index (χ4v) is 2.52. The molecule has 0 heterocycles. The molecule has 0 aliphatic rings. The van der Waals surface area contributed by atoms with Crippen molar-refractivity contribution in [1.82, 2.24) is 5.32 Å². The number of ketones is 1. The second kappa shape index (κ2) is 8.80. The lowest BCUT2D eigenvalue weighted by atomic mass is 10.0. The molecule has 1 atom stereocenters. The number of hydrogen-bond acceptors (Lipinski definition) is 4. The monoisotopic (exact) mass is 354 g/mol. The lowest BCUT2D eigenvalue weighted by molar-refractivity contribution is -0.120. The lowest BCUT2D eigenvalue weighted by Crippen LogP contribution is -2.29. The summed E-state index contributed by atoms with van der Waals surface area (Å²) in [6.45, 7) is 2.90. The third-order valence-corrected chi connectivity index (χ3v) is 3.86. The predicted octanol–water partition coefficient (Wildman–Crippen LogP) is 3.10. The summed E-state index contributed by atoms with van der Waals surface area (Å²) in [5, 5.41) is 5.57. The van der Waals surface area contributed by atoms with Crippen LogP contribution in [-0.2, 0) is 9.59 Å². The van der Waals surface area contributed by atoms with Crippen molar-refractivity contribution in [3.63, 3.8) is 0 Å². The Morgan fingerprint density at radius 1 is 0.962 bits per heavy atom. The van der Waals surface area contributed by atoms with Crippen molar-refractivity contribution in [3.05, 3.63) is 59.7 Å². The van der Waals surface area contributed by atoms with Gasteiger partial charge in [0.15, 0.2) is 5.78 Å². The molecule has 0 fully saturated rings. The minimum atomic E-state index is -0.449. The number of benzene rings is 2. The van der Waals surface area contributed by atoms with Gasteiger partial charge >= 0.3 is 0 Å². The van der Waals surface area contributed by atoms with Crippen LogP contribution in [0.25, 0.3) is 0 Å². The number of carbonyl (C=O) groups excluding carboxylic acids is 3. The van der Waals surface area contributed by atoms with Gasteiger partial charge in [-0.1, -0.05) is 12.1 Å². The van der Waals surface area contributed by atoms with Crippen LogP contribution >= 0.6 is 0 Å². The Bertz CT molecular complexity index is 782. The maximum absolute atomic E-state index is 12.4. The smallest absolute Gasteiger partial charge is 0.226 e. The zero-order chi connectivity index (χ0) is 19.1. The Morgan fingerprint density at radius 2 is 1.58 bits per heavy atom. The van der Waals surface area contributed by atoms with Crippen LogP contribution in [0, 0.1) is 0 Å². The van der Waals surface area contributed by atoms with Crippen molar-refractivity contribution in [2.75, 3.05) is 12.4 Å². The fraction of sp³-hybridized carbons (Fsp3) is 0.250. The van der Waals surface area contributed by atoms with Gasteiger partial charge in [-0.25, -0.2) is 0 Å². The maximum Gasteiger partial charge on any atom is 0.226 e. The molecule has 0 bridgehead atoms. The average Bonchev–Trinajstić information content (AvgIpc) is 2.61. The highest BCUT2D eigenvalue weighted by atomic mass is 16.5. The quantitative estimate of drug-likeness (QED) is 0.748. The first-order valence-corrected chi connectivity index (χ1v) is 8.21. The van der Waals surface area contributed by atoms with E-state index >= 15 is 0 Å². The molecule has 2 amide bonds. The zero-order valence-corrected chi connectivity index (χ0v) is 15.0. The highest BCUT2D eigenvalue weighted by molar-refractivity contribution is 5.95. The number of methoxy groups -OCH3 is 1. The maximum atomic E-state index is 12.4. The molecule has 0 saturated carbocycles. The van der Waals surface area contributed by atoms with E-state index in [0.29, 0.717) is 17.0 Å². The molecule has 2 aromatic rings. The number of amides is 2. The van der Waals surface area contributed by atoms with E-state index in [1.54, 1.807) is 43.5 Å². The number of nitrogens with one attached hydrogen (secondary N) is 2. The van der Waals surface area contributed by atoms with E-state index in [2.05, 4.69) is 10.6 Å². The minimum Gasteiger partial charge on any atom is -0.497 e. The summed E-state index contributed by atoms with van der Waals surface area (Å²) < 4.78 is 5.13. The molecule has 136 valence electrons. The van der Waals surface area contributed by atoms with Crippen molar-refractivity contribution < 1.29 is 19.1 Å². The Hall–Kier alpha value is -3.15. The second-order valence-corrected chi connectivity index (χ2v) is 5.91. The average molecular weight is 354 g/mol. The Kier molecular flexibility index (Phi) is 6.49. The zero-order valence-electron chi connectivity index (χ0n) is 15.0. The number of rotatable bonds is 7. The molecular weight excluding hydrogens is 332 g/mol. The summed E-state index contributed by atoms with van der Waals surface area (Å²) >= 11 is 0. The van der Waals surface area contributed by atoms with Gasteiger partial charge in [0.2, 0.25) is 11.8 Å². The van der Waals surface area contributed by atoms with E-state index in [1.165, 1.54) is 13.8 Å². The standard InChI is InChI=1S/C20H22N2O4/c1-13(23)15-4-8-17(9-5-15)22-20(25)12-19(21-14(2)24)16-6-10-18(26-3)11-7-16/h4-11,19H,12H2,1-3H3,(H,21,24)(H,22,25). The fourth-order valence-electron chi connectivity index (χ4n) is 2.52. The summed E-state index contributed by atoms with van der Waals surface area (Å²) in [4.78, 5) is 35.2. The van der Waals surface area contributed by atoms with Crippen LogP contribution in [-0.4, -0.2) is 24.7 Å². The number of carbonyl (C=O) groups is 3. The molecule has 2 N–H and O–H groups in total. The van der Waals surface area contributed by atoms with Crippen LogP contribution in [0.3, 0.4) is 0 Å². The van der Waals surface area contributed by atoms with Crippen LogP contribution in [0.4, 0.5) is 5.69 Å². The Balaban J connectivity index is 2.07. The van der Waals surface area contributed by atoms with Crippen LogP contribution < -0.4 is 15.4 Å². The highest BCUT2D eigenvalue weighted by Crippen LogP contribution is 2.21. The van der Waals surface area contributed by atoms with Crippen LogP contribution in [0.5, 0.6) is 5.75 Å². The van der Waals surface area contributed by atoms with Crippen molar-refractivity contribution in [2.24, 2.45) is 0 Å². The van der Waals surface area contributed by atoms with E-state index in [-0.39, 0.29) is 24.0 Å². The van der Waals surface area contributed by atoms with Crippen molar-refractivity contribution in [2.45, 2.75) is 26.3 Å². The molecule has 26 heavy (non-hydrogen) atoms. The molecule has 1 unspecified atom stereocenters. The van der Waals surface area contributed by atoms with Gasteiger partial charge in [0.05, 0.1) is 19.6 Å². The van der Waals surface area contributed by atoms with E-state index in [0.717, 1.165) is 5.56 Å². The molecule has 6 nitrogen and oxygen atoms in total. The van der Waals surface area contributed by atoms with Gasteiger partial charge in [-0.05, 0) is 48.9 Å². The van der Waals surface area contributed by atoms with E-state index in [9.17, 15) is 14.4 Å². The topological polar surface area (TPSA) is 84.5 Å². The normalized spacial score (nSPS) is 11.3. The third kappa shape index (κ3) is 5.44. The first-order valence-electron chi connectivity index (χ1n) is 8.21. The molecule has 2 aromatic carbocycles. The summed E-state index contributed by atoms with van der Waals surface area (Å²) in [6.07, 6.45) is 0.0837. The van der Waals surface area contributed by atoms with Crippen molar-refractivity contribution in [1.29, 1.82) is 0 Å². The largest absolute Gasteiger partial charge is 0.497 e. The van der Waals surface area contributed by atoms with E-state index < -0.39 is 6.04 Å². The molecule has 2 rings (SSSR count). The van der Waals surface area contributed by atoms with Crippen LogP contribution in [0.2, 0.25) is 0 Å². The van der Waals surface area contributed by atoms with Crippen molar-refractivity contribution in [3.8, 4) is 5.75 Å². The van der Waals surface area contributed by atoms with E-state index in [4.69, 9.17) is 4.74 Å². The first kappa shape index (κ1) is 19.2. The minimum absolute atomic E-state index is 0.0342. The third-order valence-electron chi connectivity index (χ3n) is 3.86. The highest BCUT2D eigenvalue weighted by Gasteiger charge is 2.17. The Morgan fingerprint density at radius 3 is 2.08 bits per heavy atom. The van der Waals surface area contributed by atoms with Gasteiger partial charge < -0.3 is 15.4 Å². The second-order valence-electron chi connectivity index (χ2n) is 5.91. The van der Waals surface area contributed by atoms with Gasteiger partial charge in [-0.15, -0.1) is 0 Å². The summed E-state index contributed by atoms with van der Waals surface area (Å²) in [5.74, 6) is 0.206. The molecule has 0 radical (unpaired) electrons. The lowest BCUT2D eigenvalue weighted by Gasteiger charge is -2.18. The number of ether oxygens (including phenoxy) is 1. The first-order chi connectivity index (χ1) is 12.4. The molecule has 0 saturated heterocycles. The summed E-state index contributed by atoms with van der Waals surface area (Å²) in [7, 11) is 1.57. The molecule has 0 spiro atoms. The number of anilines is 1. The van der Waals surface area contributed by atoms with Gasteiger partial charge in [-0.2, -0.15) is 0 Å². The van der Waals surface area contributed by atoms with Crippen LogP contribution in [0.15, 0.2) is 48.5 Å². The van der Waals surface area contributed by atoms with Crippen molar-refractivity contribution >= 4 is 23.3 Å². The molecule has 0 aliphatic carbocycles. The van der Waals surface area contributed by atoms with Gasteiger partial charge in [-0.3, -0.25) is 14.4 Å². The molecule has 0 aromatic heterocycles. The Labute approximate surface area is 152 Å². The molecule has 0 aliphatic heterocycles. The number of hydrogen-bond donors (Lipinski definition) is 2. The molecule has 6 heteroatoms. The van der Waals surface area contributed by atoms with Gasteiger partial charge in [0.25, 0.3) is 0 Å². The van der Waals surface area contributed by atoms with E-state index in [1.807, 2.05) is 12.1 Å². The predicted molar refractivity (Wildman–Crippen MR) is 99.2 cm³/mol. The van der Waals surface area contributed by atoms with Gasteiger partial charge in [0.1, 0.15) is 5.75 Å². The van der Waals surface area contributed by atoms with Gasteiger partial charge in [0, 0.05) is 18.2 Å². The molecular formula is C20H22N2O4. The van der Waals surface area contributed by atoms with Crippen LogP contribution in [0.1, 0.15) is 42.2 Å². The SMILES string of the molecule is COc1ccc(C(CC(=O)Nc2ccc(C(C)=O)cc2)NC(C)=O)cc1. The summed E-state index contributed by atoms with van der Waals surface area (Å²) in [6, 6.07) is 13.4. The number of Topliss-reactive ketones (excluding diaryl/α,β-unsaturated/α-hetero) is 1.